The van der Waals surface area contributed by atoms with Gasteiger partial charge in [0.25, 0.3) is 0 Å². The van der Waals surface area contributed by atoms with Crippen LogP contribution in [0, 0.1) is 0 Å². The number of Topliss-reactive ketones (excluding diaryl/α,β-unsaturated/α-hetero) is 2. The molecule has 0 saturated heterocycles. The number of aromatic amines is 4. The Kier molecular flexibility index (Phi) is 8.51. The number of nitrogens with one attached hydrogen (secondary N) is 4. The summed E-state index contributed by atoms with van der Waals surface area (Å²) >= 11 is 0. The minimum atomic E-state index is -0.743. The van der Waals surface area contributed by atoms with E-state index in [4.69, 9.17) is 15.0 Å². The van der Waals surface area contributed by atoms with Crippen molar-refractivity contribution in [2.24, 2.45) is 0 Å². The van der Waals surface area contributed by atoms with E-state index in [0.29, 0.717) is 33.7 Å². The SMILES string of the molecule is C[C@@H](C(=O)c1nc2cc3[nH][nH]c(-c4ccnc(C5CC5)c4)c3cc2n1)c1cccc(C2CC2c2cc(-c3[nH][nH]c4cc5nc(C(=O)[C@H](CO)c6ccccc6)nc5cc34)ccn2)n1. The largest absolute Gasteiger partial charge is 0.395 e. The van der Waals surface area contributed by atoms with Gasteiger partial charge in [-0.25, -0.2) is 19.9 Å². The molecule has 14 heteroatoms. The topological polar surface area (TPSA) is 208 Å². The molecule has 10 aromatic rings. The Hall–Kier alpha value is -7.71. The molecular weight excluding hydrogens is 791 g/mol. The Morgan fingerprint density at radius 1 is 0.619 bits per heavy atom. The maximum atomic E-state index is 13.9. The van der Waals surface area contributed by atoms with Crippen LogP contribution in [0.15, 0.2) is 109 Å². The molecule has 7 heterocycles. The molecule has 0 radical (unpaired) electrons. The highest BCUT2D eigenvalue weighted by Crippen LogP contribution is 2.54. The molecule has 2 saturated carbocycles. The molecule has 12 rings (SSSR count). The molecule has 308 valence electrons. The quantitative estimate of drug-likeness (QED) is 0.0739. The van der Waals surface area contributed by atoms with Crippen LogP contribution in [0.2, 0.25) is 0 Å². The highest BCUT2D eigenvalue weighted by Gasteiger charge is 2.42. The van der Waals surface area contributed by atoms with E-state index in [1.54, 1.807) is 0 Å². The minimum absolute atomic E-state index is 0.0801. The number of fused-ring (bicyclic) bond motifs is 4. The van der Waals surface area contributed by atoms with E-state index in [0.717, 1.165) is 73.4 Å². The lowest BCUT2D eigenvalue weighted by molar-refractivity contribution is 0.0911. The highest BCUT2D eigenvalue weighted by molar-refractivity contribution is 6.05. The summed E-state index contributed by atoms with van der Waals surface area (Å²) in [5.41, 5.74) is 12.4. The summed E-state index contributed by atoms with van der Waals surface area (Å²) in [5, 5.41) is 25.1. The van der Waals surface area contributed by atoms with Gasteiger partial charge in [-0.05, 0) is 92.4 Å². The Morgan fingerprint density at radius 3 is 1.81 bits per heavy atom. The fourth-order valence-corrected chi connectivity index (χ4v) is 9.00. The van der Waals surface area contributed by atoms with Gasteiger partial charge in [0.15, 0.2) is 11.6 Å². The molecule has 2 unspecified atom stereocenters. The second-order valence-corrected chi connectivity index (χ2v) is 16.9. The minimum Gasteiger partial charge on any atom is -0.395 e. The van der Waals surface area contributed by atoms with Gasteiger partial charge in [0.1, 0.15) is 0 Å². The first-order valence-electron chi connectivity index (χ1n) is 21.3. The summed E-state index contributed by atoms with van der Waals surface area (Å²) < 4.78 is 0. The van der Waals surface area contributed by atoms with Crippen molar-refractivity contribution < 1.29 is 14.7 Å². The number of pyridine rings is 3. The van der Waals surface area contributed by atoms with Crippen LogP contribution < -0.4 is 0 Å². The second kappa shape index (κ2) is 14.5. The molecule has 0 bridgehead atoms. The molecule has 2 aliphatic rings. The lowest BCUT2D eigenvalue weighted by Crippen LogP contribution is -2.18. The molecule has 5 N–H and O–H groups in total. The van der Waals surface area contributed by atoms with Gasteiger partial charge in [-0.3, -0.25) is 34.7 Å². The maximum absolute atomic E-state index is 13.9. The normalized spacial score (nSPS) is 17.2. The third-order valence-electron chi connectivity index (χ3n) is 12.8. The van der Waals surface area contributed by atoms with Gasteiger partial charge in [0.2, 0.25) is 11.6 Å². The number of H-pyrrole nitrogens is 4. The summed E-state index contributed by atoms with van der Waals surface area (Å²) in [6.07, 6.45) is 6.94. The number of aromatic nitrogens is 11. The van der Waals surface area contributed by atoms with Gasteiger partial charge < -0.3 is 15.3 Å². The average molecular weight is 830 g/mol. The van der Waals surface area contributed by atoms with E-state index in [1.807, 2.05) is 104 Å². The van der Waals surface area contributed by atoms with E-state index in [2.05, 4.69) is 52.5 Å². The van der Waals surface area contributed by atoms with Crippen molar-refractivity contribution in [2.45, 2.75) is 55.8 Å². The molecule has 4 atom stereocenters. The molecule has 0 spiro atoms. The number of benzene rings is 3. The van der Waals surface area contributed by atoms with E-state index >= 15 is 0 Å². The van der Waals surface area contributed by atoms with Crippen LogP contribution in [0.5, 0.6) is 0 Å². The fourth-order valence-electron chi connectivity index (χ4n) is 9.00. The maximum Gasteiger partial charge on any atom is 0.209 e. The first-order chi connectivity index (χ1) is 30.9. The molecule has 2 aliphatic carbocycles. The first kappa shape index (κ1) is 37.1. The Morgan fingerprint density at radius 2 is 1.19 bits per heavy atom. The predicted molar refractivity (Wildman–Crippen MR) is 238 cm³/mol. The van der Waals surface area contributed by atoms with Crippen molar-refractivity contribution in [1.29, 1.82) is 0 Å². The van der Waals surface area contributed by atoms with Crippen molar-refractivity contribution in [1.82, 2.24) is 55.3 Å². The van der Waals surface area contributed by atoms with Gasteiger partial charge >= 0.3 is 0 Å². The van der Waals surface area contributed by atoms with Gasteiger partial charge in [-0.15, -0.1) is 0 Å². The lowest BCUT2D eigenvalue weighted by atomic mass is 9.95. The molecule has 3 aromatic carbocycles. The fraction of sp³-hybridized carbons (Fsp3) is 0.204. The molecule has 0 amide bonds. The molecule has 14 nitrogen and oxygen atoms in total. The van der Waals surface area contributed by atoms with Gasteiger partial charge in [0.05, 0.1) is 68.6 Å². The average Bonchev–Trinajstić information content (AvgIpc) is 4.14. The third-order valence-corrected chi connectivity index (χ3v) is 12.8. The van der Waals surface area contributed by atoms with Gasteiger partial charge in [-0.2, -0.15) is 0 Å². The second-order valence-electron chi connectivity index (χ2n) is 16.9. The standard InChI is InChI=1S/C49H39N11O3/c1-24(46(62)48-53-40-19-31-38(21-42(40)55-48)57-59-44(31)27-12-14-50-36(16-27)26-10-11-26)34-8-5-9-35(52-34)29-18-30(29)37-17-28(13-15-51-37)45-32-20-41-43(22-39(32)58-60-45)56-49(54-41)47(63)33(23-61)25-6-3-2-4-7-25/h2-9,12-17,19-22,24,26,29-30,33,57-61H,10-11,18,23H2,1H3/t24-,29?,30?,33-/m1/s1. The number of nitrogens with zero attached hydrogens (tertiary/aromatic N) is 7. The van der Waals surface area contributed by atoms with Crippen LogP contribution in [-0.2, 0) is 0 Å². The van der Waals surface area contributed by atoms with Crippen molar-refractivity contribution >= 4 is 55.4 Å². The first-order valence-corrected chi connectivity index (χ1v) is 21.3. The Labute approximate surface area is 358 Å². The van der Waals surface area contributed by atoms with Crippen molar-refractivity contribution in [3.05, 3.63) is 149 Å². The summed E-state index contributed by atoms with van der Waals surface area (Å²) in [6.45, 7) is 1.53. The molecule has 7 aromatic heterocycles. The van der Waals surface area contributed by atoms with Gasteiger partial charge in [0, 0.05) is 69.1 Å². The number of hydrogen-bond acceptors (Lipinski definition) is 10. The van der Waals surface area contributed by atoms with Crippen LogP contribution in [0.4, 0.5) is 0 Å². The number of aliphatic hydroxyl groups is 1. The number of rotatable bonds is 12. The summed E-state index contributed by atoms with van der Waals surface area (Å²) in [6, 6.07) is 31.0. The van der Waals surface area contributed by atoms with Crippen LogP contribution in [0.3, 0.4) is 0 Å². The van der Waals surface area contributed by atoms with Crippen LogP contribution >= 0.6 is 0 Å². The van der Waals surface area contributed by atoms with Crippen LogP contribution in [0.25, 0.3) is 66.4 Å². The van der Waals surface area contributed by atoms with Crippen LogP contribution in [-0.4, -0.2) is 78.6 Å². The zero-order valence-electron chi connectivity index (χ0n) is 34.0. The summed E-state index contributed by atoms with van der Waals surface area (Å²) in [4.78, 5) is 60.3. The third kappa shape index (κ3) is 6.49. The Bertz CT molecular complexity index is 3430. The van der Waals surface area contributed by atoms with E-state index in [9.17, 15) is 14.7 Å². The number of aliphatic hydroxyl groups excluding tert-OH is 1. The summed E-state index contributed by atoms with van der Waals surface area (Å²) in [5.74, 6) is -0.664. The highest BCUT2D eigenvalue weighted by atomic mass is 16.3. The van der Waals surface area contributed by atoms with E-state index in [1.165, 1.54) is 12.8 Å². The summed E-state index contributed by atoms with van der Waals surface area (Å²) in [7, 11) is 0. The van der Waals surface area contributed by atoms with Crippen molar-refractivity contribution in [3.8, 4) is 22.5 Å². The molecule has 2 fully saturated rings. The number of hydrogen-bond donors (Lipinski definition) is 5. The number of ketones is 2. The van der Waals surface area contributed by atoms with Crippen molar-refractivity contribution in [2.75, 3.05) is 6.61 Å². The molecule has 63 heavy (non-hydrogen) atoms. The molecular formula is C49H39N11O3. The van der Waals surface area contributed by atoms with E-state index < -0.39 is 11.8 Å². The zero-order chi connectivity index (χ0) is 42.3. The zero-order valence-corrected chi connectivity index (χ0v) is 34.0. The number of carbonyl (C=O) groups is 2. The number of carbonyl (C=O) groups excluding carboxylic acids is 2. The molecule has 0 aliphatic heterocycles. The van der Waals surface area contributed by atoms with Gasteiger partial charge in [-0.1, -0.05) is 36.4 Å². The Balaban J connectivity index is 0.765. The number of imidazole rings is 2. The smallest absolute Gasteiger partial charge is 0.209 e. The van der Waals surface area contributed by atoms with Crippen molar-refractivity contribution in [3.63, 3.8) is 0 Å². The van der Waals surface area contributed by atoms with Crippen LogP contribution in [0.1, 0.15) is 105 Å². The lowest BCUT2D eigenvalue weighted by Gasteiger charge is -2.11. The van der Waals surface area contributed by atoms with E-state index in [-0.39, 0.29) is 41.7 Å². The predicted octanol–water partition coefficient (Wildman–Crippen LogP) is 8.80. The monoisotopic (exact) mass is 829 g/mol.